The van der Waals surface area contributed by atoms with Crippen molar-refractivity contribution in [3.8, 4) is 0 Å². The molecule has 0 fully saturated rings. The van der Waals surface area contributed by atoms with Crippen molar-refractivity contribution in [2.24, 2.45) is 5.92 Å². The zero-order valence-corrected chi connectivity index (χ0v) is 14.5. The van der Waals surface area contributed by atoms with Crippen molar-refractivity contribution >= 4 is 23.2 Å². The van der Waals surface area contributed by atoms with Gasteiger partial charge in [-0.3, -0.25) is 9.59 Å². The van der Waals surface area contributed by atoms with E-state index in [1.165, 1.54) is 12.1 Å². The van der Waals surface area contributed by atoms with Crippen molar-refractivity contribution in [2.45, 2.75) is 33.1 Å². The third kappa shape index (κ3) is 6.75. The predicted octanol–water partition coefficient (Wildman–Crippen LogP) is 4.38. The number of hydrogen-bond donors (Lipinski definition) is 2. The Morgan fingerprint density at radius 1 is 0.960 bits per heavy atom. The van der Waals surface area contributed by atoms with E-state index in [4.69, 9.17) is 0 Å². The SMILES string of the molecule is CC(C)CC(=O)Nc1ccc(NC(=O)CCc2cccc(F)c2)cc1. The minimum Gasteiger partial charge on any atom is -0.326 e. The van der Waals surface area contributed by atoms with Crippen molar-refractivity contribution in [3.05, 3.63) is 59.9 Å². The van der Waals surface area contributed by atoms with Crippen LogP contribution in [0.1, 0.15) is 32.3 Å². The second-order valence-corrected chi connectivity index (χ2v) is 6.40. The smallest absolute Gasteiger partial charge is 0.224 e. The second kappa shape index (κ2) is 8.97. The molecule has 0 aliphatic carbocycles. The number of nitrogens with one attached hydrogen (secondary N) is 2. The van der Waals surface area contributed by atoms with Gasteiger partial charge in [-0.25, -0.2) is 4.39 Å². The van der Waals surface area contributed by atoms with Gasteiger partial charge in [-0.15, -0.1) is 0 Å². The first kappa shape index (κ1) is 18.6. The number of rotatable bonds is 7. The average molecular weight is 342 g/mol. The summed E-state index contributed by atoms with van der Waals surface area (Å²) in [5.41, 5.74) is 2.15. The fraction of sp³-hybridized carbons (Fsp3) is 0.300. The van der Waals surface area contributed by atoms with Gasteiger partial charge in [0.15, 0.2) is 0 Å². The van der Waals surface area contributed by atoms with E-state index < -0.39 is 0 Å². The summed E-state index contributed by atoms with van der Waals surface area (Å²) in [4.78, 5) is 23.7. The lowest BCUT2D eigenvalue weighted by Crippen LogP contribution is -2.14. The zero-order chi connectivity index (χ0) is 18.2. The first-order valence-electron chi connectivity index (χ1n) is 8.36. The van der Waals surface area contributed by atoms with Crippen LogP contribution in [-0.4, -0.2) is 11.8 Å². The molecule has 0 aromatic heterocycles. The van der Waals surface area contributed by atoms with Gasteiger partial charge in [0.2, 0.25) is 11.8 Å². The lowest BCUT2D eigenvalue weighted by atomic mass is 10.1. The summed E-state index contributed by atoms with van der Waals surface area (Å²) in [6, 6.07) is 13.2. The Morgan fingerprint density at radius 2 is 1.56 bits per heavy atom. The Balaban J connectivity index is 1.82. The van der Waals surface area contributed by atoms with Gasteiger partial charge >= 0.3 is 0 Å². The first-order chi connectivity index (χ1) is 11.9. The Bertz CT molecular complexity index is 727. The molecule has 132 valence electrons. The Labute approximate surface area is 147 Å². The molecule has 0 saturated heterocycles. The molecular weight excluding hydrogens is 319 g/mol. The maximum Gasteiger partial charge on any atom is 0.224 e. The summed E-state index contributed by atoms with van der Waals surface area (Å²) < 4.78 is 13.1. The van der Waals surface area contributed by atoms with Gasteiger partial charge in [0.25, 0.3) is 0 Å². The number of halogens is 1. The van der Waals surface area contributed by atoms with Gasteiger partial charge in [0.1, 0.15) is 5.82 Å². The molecule has 5 heteroatoms. The third-order valence-corrected chi connectivity index (χ3v) is 3.58. The van der Waals surface area contributed by atoms with Gasteiger partial charge in [-0.1, -0.05) is 26.0 Å². The zero-order valence-electron chi connectivity index (χ0n) is 14.5. The summed E-state index contributed by atoms with van der Waals surface area (Å²) in [6.45, 7) is 3.98. The number of aryl methyl sites for hydroxylation is 1. The van der Waals surface area contributed by atoms with Crippen molar-refractivity contribution in [2.75, 3.05) is 10.6 Å². The topological polar surface area (TPSA) is 58.2 Å². The van der Waals surface area contributed by atoms with Gasteiger partial charge in [-0.2, -0.15) is 0 Å². The molecule has 2 amide bonds. The Hall–Kier alpha value is -2.69. The number of benzene rings is 2. The van der Waals surface area contributed by atoms with Crippen LogP contribution < -0.4 is 10.6 Å². The summed E-state index contributed by atoms with van der Waals surface area (Å²) in [5, 5.41) is 5.61. The van der Waals surface area contributed by atoms with Crippen LogP contribution in [-0.2, 0) is 16.0 Å². The highest BCUT2D eigenvalue weighted by Gasteiger charge is 2.07. The molecule has 0 atom stereocenters. The number of carbonyl (C=O) groups excluding carboxylic acids is 2. The highest BCUT2D eigenvalue weighted by Crippen LogP contribution is 2.15. The molecule has 0 aliphatic rings. The molecule has 0 heterocycles. The molecule has 0 bridgehead atoms. The van der Waals surface area contributed by atoms with E-state index in [0.29, 0.717) is 30.1 Å². The van der Waals surface area contributed by atoms with Crippen LogP contribution in [0.3, 0.4) is 0 Å². The number of hydrogen-bond acceptors (Lipinski definition) is 2. The highest BCUT2D eigenvalue weighted by atomic mass is 19.1. The molecule has 0 radical (unpaired) electrons. The van der Waals surface area contributed by atoms with Crippen molar-refractivity contribution in [1.29, 1.82) is 0 Å². The summed E-state index contributed by atoms with van der Waals surface area (Å²) >= 11 is 0. The average Bonchev–Trinajstić information content (AvgIpc) is 2.54. The normalized spacial score (nSPS) is 10.6. The number of anilines is 2. The fourth-order valence-electron chi connectivity index (χ4n) is 2.39. The van der Waals surface area contributed by atoms with Crippen LogP contribution >= 0.6 is 0 Å². The van der Waals surface area contributed by atoms with Gasteiger partial charge in [-0.05, 0) is 54.3 Å². The van der Waals surface area contributed by atoms with E-state index in [2.05, 4.69) is 10.6 Å². The van der Waals surface area contributed by atoms with Gasteiger partial charge in [0, 0.05) is 24.2 Å². The third-order valence-electron chi connectivity index (χ3n) is 3.58. The molecule has 0 spiro atoms. The summed E-state index contributed by atoms with van der Waals surface area (Å²) in [5.74, 6) is -0.160. The molecular formula is C20H23FN2O2. The van der Waals surface area contributed by atoms with Crippen LogP contribution in [0.15, 0.2) is 48.5 Å². The second-order valence-electron chi connectivity index (χ2n) is 6.40. The lowest BCUT2D eigenvalue weighted by molar-refractivity contribution is -0.117. The van der Waals surface area contributed by atoms with E-state index in [1.807, 2.05) is 13.8 Å². The standard InChI is InChI=1S/C20H23FN2O2/c1-14(2)12-20(25)23-18-9-7-17(8-10-18)22-19(24)11-6-15-4-3-5-16(21)13-15/h3-5,7-10,13-14H,6,11-12H2,1-2H3,(H,22,24)(H,23,25). The molecule has 0 aliphatic heterocycles. The predicted molar refractivity (Wildman–Crippen MR) is 97.9 cm³/mol. The molecule has 2 N–H and O–H groups in total. The molecule has 0 saturated carbocycles. The van der Waals surface area contributed by atoms with E-state index in [0.717, 1.165) is 5.56 Å². The largest absolute Gasteiger partial charge is 0.326 e. The number of carbonyl (C=O) groups is 2. The van der Waals surface area contributed by atoms with E-state index in [-0.39, 0.29) is 24.1 Å². The maximum absolute atomic E-state index is 13.1. The van der Waals surface area contributed by atoms with E-state index in [9.17, 15) is 14.0 Å². The van der Waals surface area contributed by atoms with Crippen LogP contribution in [0, 0.1) is 11.7 Å². The van der Waals surface area contributed by atoms with Gasteiger partial charge in [0.05, 0.1) is 0 Å². The number of amides is 2. The molecule has 2 rings (SSSR count). The maximum atomic E-state index is 13.1. The summed E-state index contributed by atoms with van der Waals surface area (Å²) in [7, 11) is 0. The van der Waals surface area contributed by atoms with Crippen LogP contribution in [0.4, 0.5) is 15.8 Å². The monoisotopic (exact) mass is 342 g/mol. The first-order valence-corrected chi connectivity index (χ1v) is 8.36. The van der Waals surface area contributed by atoms with Crippen LogP contribution in [0.2, 0.25) is 0 Å². The molecule has 2 aromatic rings. The molecule has 25 heavy (non-hydrogen) atoms. The van der Waals surface area contributed by atoms with Crippen LogP contribution in [0.5, 0.6) is 0 Å². The molecule has 4 nitrogen and oxygen atoms in total. The summed E-state index contributed by atoms with van der Waals surface area (Å²) in [6.07, 6.45) is 1.22. The Morgan fingerprint density at radius 3 is 2.12 bits per heavy atom. The van der Waals surface area contributed by atoms with E-state index in [1.54, 1.807) is 36.4 Å². The molecule has 2 aromatic carbocycles. The minimum atomic E-state index is -0.298. The minimum absolute atomic E-state index is 0.0260. The fourth-order valence-corrected chi connectivity index (χ4v) is 2.39. The Kier molecular flexibility index (Phi) is 6.69. The lowest BCUT2D eigenvalue weighted by Gasteiger charge is -2.09. The van der Waals surface area contributed by atoms with Gasteiger partial charge < -0.3 is 10.6 Å². The van der Waals surface area contributed by atoms with E-state index >= 15 is 0 Å². The van der Waals surface area contributed by atoms with Crippen molar-refractivity contribution < 1.29 is 14.0 Å². The quantitative estimate of drug-likeness (QED) is 0.784. The van der Waals surface area contributed by atoms with Crippen LogP contribution in [0.25, 0.3) is 0 Å². The van der Waals surface area contributed by atoms with Crippen molar-refractivity contribution in [3.63, 3.8) is 0 Å². The molecule has 0 unspecified atom stereocenters. The highest BCUT2D eigenvalue weighted by molar-refractivity contribution is 5.93. The van der Waals surface area contributed by atoms with Crippen molar-refractivity contribution in [1.82, 2.24) is 0 Å².